The van der Waals surface area contributed by atoms with Crippen molar-refractivity contribution in [2.24, 2.45) is 0 Å². The molecule has 3 heteroatoms. The second-order valence-electron chi connectivity index (χ2n) is 4.52. The lowest BCUT2D eigenvalue weighted by atomic mass is 9.98. The van der Waals surface area contributed by atoms with Crippen LogP contribution in [0.15, 0.2) is 42.6 Å². The summed E-state index contributed by atoms with van der Waals surface area (Å²) >= 11 is 0. The van der Waals surface area contributed by atoms with Gasteiger partial charge in [-0.1, -0.05) is 44.2 Å². The topological polar surface area (TPSA) is 50.2 Å². The van der Waals surface area contributed by atoms with Gasteiger partial charge in [0.1, 0.15) is 5.69 Å². The van der Waals surface area contributed by atoms with Gasteiger partial charge in [-0.15, -0.1) is 0 Å². The van der Waals surface area contributed by atoms with E-state index >= 15 is 0 Å². The van der Waals surface area contributed by atoms with Crippen molar-refractivity contribution in [3.8, 4) is 11.1 Å². The highest BCUT2D eigenvalue weighted by molar-refractivity contribution is 5.85. The molecule has 2 rings (SSSR count). The normalized spacial score (nSPS) is 10.6. The third-order valence-electron chi connectivity index (χ3n) is 2.87. The smallest absolute Gasteiger partial charge is 0.354 e. The van der Waals surface area contributed by atoms with Crippen molar-refractivity contribution in [3.63, 3.8) is 0 Å². The maximum Gasteiger partial charge on any atom is 0.354 e. The second kappa shape index (κ2) is 5.00. The number of rotatable bonds is 3. The Hall–Kier alpha value is -2.16. The zero-order valence-corrected chi connectivity index (χ0v) is 10.4. The van der Waals surface area contributed by atoms with Crippen molar-refractivity contribution in [1.82, 2.24) is 4.98 Å². The van der Waals surface area contributed by atoms with Gasteiger partial charge in [0.05, 0.1) is 0 Å². The number of pyridine rings is 1. The Balaban J connectivity index is 2.36. The van der Waals surface area contributed by atoms with E-state index < -0.39 is 5.97 Å². The van der Waals surface area contributed by atoms with Crippen LogP contribution < -0.4 is 0 Å². The van der Waals surface area contributed by atoms with Crippen LogP contribution in [0.2, 0.25) is 0 Å². The van der Waals surface area contributed by atoms with Gasteiger partial charge in [-0.3, -0.25) is 0 Å². The molecule has 0 saturated heterocycles. The highest BCUT2D eigenvalue weighted by atomic mass is 16.4. The first-order valence-electron chi connectivity index (χ1n) is 5.87. The second-order valence-corrected chi connectivity index (χ2v) is 4.52. The molecule has 0 aliphatic carbocycles. The molecule has 0 amide bonds. The molecule has 0 saturated carbocycles. The summed E-state index contributed by atoms with van der Waals surface area (Å²) in [6.45, 7) is 4.29. The van der Waals surface area contributed by atoms with Crippen LogP contribution in [0.5, 0.6) is 0 Å². The van der Waals surface area contributed by atoms with E-state index in [1.165, 1.54) is 11.6 Å². The Morgan fingerprint density at radius 3 is 2.50 bits per heavy atom. The van der Waals surface area contributed by atoms with E-state index in [1.54, 1.807) is 12.3 Å². The quantitative estimate of drug-likeness (QED) is 0.893. The molecule has 0 spiro atoms. The summed E-state index contributed by atoms with van der Waals surface area (Å²) in [6, 6.07) is 11.5. The lowest BCUT2D eigenvalue weighted by Gasteiger charge is -2.08. The minimum absolute atomic E-state index is 0.0683. The van der Waals surface area contributed by atoms with E-state index in [-0.39, 0.29) is 5.69 Å². The third kappa shape index (κ3) is 2.56. The van der Waals surface area contributed by atoms with Gasteiger partial charge < -0.3 is 5.11 Å². The van der Waals surface area contributed by atoms with Gasteiger partial charge in [0.25, 0.3) is 0 Å². The fourth-order valence-electron chi connectivity index (χ4n) is 1.77. The molecule has 0 fully saturated rings. The maximum atomic E-state index is 10.7. The molecule has 1 aromatic carbocycles. The average Bonchev–Trinajstić information content (AvgIpc) is 2.39. The van der Waals surface area contributed by atoms with Crippen LogP contribution in [-0.2, 0) is 0 Å². The van der Waals surface area contributed by atoms with Crippen LogP contribution in [0.25, 0.3) is 11.1 Å². The van der Waals surface area contributed by atoms with Gasteiger partial charge in [-0.2, -0.15) is 0 Å². The number of aromatic carboxylic acids is 1. The summed E-state index contributed by atoms with van der Waals surface area (Å²) < 4.78 is 0. The van der Waals surface area contributed by atoms with Crippen molar-refractivity contribution >= 4 is 5.97 Å². The Kier molecular flexibility index (Phi) is 3.42. The van der Waals surface area contributed by atoms with E-state index in [0.717, 1.165) is 11.1 Å². The number of benzene rings is 1. The number of aromatic nitrogens is 1. The van der Waals surface area contributed by atoms with Crippen molar-refractivity contribution in [1.29, 1.82) is 0 Å². The highest BCUT2D eigenvalue weighted by Crippen LogP contribution is 2.23. The van der Waals surface area contributed by atoms with Crippen molar-refractivity contribution < 1.29 is 9.90 Å². The molecule has 0 aliphatic rings. The molecule has 1 aromatic heterocycles. The van der Waals surface area contributed by atoms with Crippen molar-refractivity contribution in [2.45, 2.75) is 19.8 Å². The van der Waals surface area contributed by atoms with E-state index in [0.29, 0.717) is 5.92 Å². The SMILES string of the molecule is CC(C)c1cccc(-c2ccc(C(=O)O)nc2)c1. The fourth-order valence-corrected chi connectivity index (χ4v) is 1.77. The molecule has 2 aromatic rings. The van der Waals surface area contributed by atoms with E-state index in [4.69, 9.17) is 5.11 Å². The molecular formula is C15H15NO2. The summed E-state index contributed by atoms with van der Waals surface area (Å²) in [7, 11) is 0. The van der Waals surface area contributed by atoms with Crippen LogP contribution in [-0.4, -0.2) is 16.1 Å². The van der Waals surface area contributed by atoms with Crippen LogP contribution >= 0.6 is 0 Å². The molecular weight excluding hydrogens is 226 g/mol. The maximum absolute atomic E-state index is 10.7. The Morgan fingerprint density at radius 2 is 1.94 bits per heavy atom. The van der Waals surface area contributed by atoms with E-state index in [2.05, 4.69) is 31.0 Å². The van der Waals surface area contributed by atoms with Gasteiger partial charge >= 0.3 is 5.97 Å². The van der Waals surface area contributed by atoms with Crippen molar-refractivity contribution in [3.05, 3.63) is 53.9 Å². The standard InChI is InChI=1S/C15H15NO2/c1-10(2)11-4-3-5-12(8-11)13-6-7-14(15(17)18)16-9-13/h3-10H,1-2H3,(H,17,18). The largest absolute Gasteiger partial charge is 0.477 e. The zero-order valence-electron chi connectivity index (χ0n) is 10.4. The van der Waals surface area contributed by atoms with Gasteiger partial charge in [0.15, 0.2) is 0 Å². The number of hydrogen-bond donors (Lipinski definition) is 1. The first kappa shape index (κ1) is 12.3. The molecule has 0 atom stereocenters. The average molecular weight is 241 g/mol. The first-order chi connectivity index (χ1) is 8.58. The molecule has 3 nitrogen and oxygen atoms in total. The predicted molar refractivity (Wildman–Crippen MR) is 70.7 cm³/mol. The number of nitrogens with zero attached hydrogens (tertiary/aromatic N) is 1. The summed E-state index contributed by atoms with van der Waals surface area (Å²) in [5.41, 5.74) is 3.32. The van der Waals surface area contributed by atoms with Crippen LogP contribution in [0.4, 0.5) is 0 Å². The van der Waals surface area contributed by atoms with Gasteiger partial charge in [0.2, 0.25) is 0 Å². The minimum atomic E-state index is -1.00. The van der Waals surface area contributed by atoms with Gasteiger partial charge in [0, 0.05) is 11.8 Å². The number of carbonyl (C=O) groups is 1. The number of carboxylic acids is 1. The monoisotopic (exact) mass is 241 g/mol. The van der Waals surface area contributed by atoms with E-state index in [1.807, 2.05) is 12.1 Å². The Labute approximate surface area is 106 Å². The fraction of sp³-hybridized carbons (Fsp3) is 0.200. The zero-order chi connectivity index (χ0) is 13.1. The summed E-state index contributed by atoms with van der Waals surface area (Å²) in [6.07, 6.45) is 1.60. The summed E-state index contributed by atoms with van der Waals surface area (Å²) in [4.78, 5) is 14.7. The summed E-state index contributed by atoms with van der Waals surface area (Å²) in [5.74, 6) is -0.534. The van der Waals surface area contributed by atoms with Crippen LogP contribution in [0, 0.1) is 0 Å². The van der Waals surface area contributed by atoms with Gasteiger partial charge in [-0.05, 0) is 23.1 Å². The predicted octanol–water partition coefficient (Wildman–Crippen LogP) is 3.57. The van der Waals surface area contributed by atoms with Crippen molar-refractivity contribution in [2.75, 3.05) is 0 Å². The minimum Gasteiger partial charge on any atom is -0.477 e. The van der Waals surface area contributed by atoms with Crippen LogP contribution in [0.3, 0.4) is 0 Å². The molecule has 92 valence electrons. The van der Waals surface area contributed by atoms with Gasteiger partial charge in [-0.25, -0.2) is 9.78 Å². The Bertz CT molecular complexity index is 559. The molecule has 0 bridgehead atoms. The lowest BCUT2D eigenvalue weighted by Crippen LogP contribution is -1.99. The lowest BCUT2D eigenvalue weighted by molar-refractivity contribution is 0.0690. The molecule has 18 heavy (non-hydrogen) atoms. The number of carboxylic acid groups (broad SMARTS) is 1. The molecule has 0 aliphatic heterocycles. The molecule has 1 heterocycles. The Morgan fingerprint density at radius 1 is 1.17 bits per heavy atom. The molecule has 0 radical (unpaired) electrons. The molecule has 1 N–H and O–H groups in total. The third-order valence-corrected chi connectivity index (χ3v) is 2.87. The van der Waals surface area contributed by atoms with E-state index in [9.17, 15) is 4.79 Å². The highest BCUT2D eigenvalue weighted by Gasteiger charge is 2.06. The summed E-state index contributed by atoms with van der Waals surface area (Å²) in [5, 5.41) is 8.80. The number of hydrogen-bond acceptors (Lipinski definition) is 2. The van der Waals surface area contributed by atoms with Crippen LogP contribution in [0.1, 0.15) is 35.8 Å². The molecule has 0 unspecified atom stereocenters. The first-order valence-corrected chi connectivity index (χ1v) is 5.87.